The molecule has 2 N–H and O–H groups in total. The van der Waals surface area contributed by atoms with Crippen molar-refractivity contribution in [3.05, 3.63) is 71.3 Å². The summed E-state index contributed by atoms with van der Waals surface area (Å²) >= 11 is 0. The van der Waals surface area contributed by atoms with Gasteiger partial charge in [0.05, 0.1) is 19.8 Å². The lowest BCUT2D eigenvalue weighted by atomic mass is 10.1. The summed E-state index contributed by atoms with van der Waals surface area (Å²) in [5, 5.41) is 6.75. The molecule has 3 rings (SSSR count). The molecule has 0 radical (unpaired) electrons. The predicted molar refractivity (Wildman–Crippen MR) is 131 cm³/mol. The molecule has 1 saturated heterocycles. The van der Waals surface area contributed by atoms with E-state index in [4.69, 9.17) is 9.73 Å². The molecule has 1 aliphatic heterocycles. The van der Waals surface area contributed by atoms with Gasteiger partial charge in [-0.25, -0.2) is 4.99 Å². The van der Waals surface area contributed by atoms with Crippen LogP contribution in [-0.2, 0) is 24.2 Å². The zero-order valence-corrected chi connectivity index (χ0v) is 19.6. The molecule has 29 heavy (non-hydrogen) atoms. The van der Waals surface area contributed by atoms with Gasteiger partial charge in [-0.1, -0.05) is 54.6 Å². The highest BCUT2D eigenvalue weighted by molar-refractivity contribution is 14.0. The Morgan fingerprint density at radius 3 is 2.31 bits per heavy atom. The van der Waals surface area contributed by atoms with Gasteiger partial charge in [0, 0.05) is 32.7 Å². The fraction of sp³-hybridized carbons (Fsp3) is 0.435. The second kappa shape index (κ2) is 13.6. The van der Waals surface area contributed by atoms with Crippen molar-refractivity contribution in [2.75, 3.05) is 39.4 Å². The molecule has 0 saturated carbocycles. The van der Waals surface area contributed by atoms with Gasteiger partial charge in [-0.2, -0.15) is 0 Å². The third kappa shape index (κ3) is 8.72. The molecule has 1 fully saturated rings. The van der Waals surface area contributed by atoms with E-state index >= 15 is 0 Å². The molecule has 5 nitrogen and oxygen atoms in total. The van der Waals surface area contributed by atoms with Crippen LogP contribution in [0.2, 0.25) is 0 Å². The molecule has 1 aliphatic rings. The SMILES string of the molecule is CCNC(=NCc1ccc(CN2CCOCC2)cc1)NCCc1ccccc1.I. The highest BCUT2D eigenvalue weighted by Crippen LogP contribution is 2.10. The van der Waals surface area contributed by atoms with E-state index in [1.54, 1.807) is 0 Å². The minimum Gasteiger partial charge on any atom is -0.379 e. The van der Waals surface area contributed by atoms with Crippen molar-refractivity contribution in [3.63, 3.8) is 0 Å². The van der Waals surface area contributed by atoms with Crippen molar-refractivity contribution in [1.29, 1.82) is 0 Å². The first-order chi connectivity index (χ1) is 13.8. The van der Waals surface area contributed by atoms with Gasteiger partial charge in [0.25, 0.3) is 0 Å². The lowest BCUT2D eigenvalue weighted by Gasteiger charge is -2.26. The molecule has 0 aromatic heterocycles. The summed E-state index contributed by atoms with van der Waals surface area (Å²) in [6, 6.07) is 19.3. The Morgan fingerprint density at radius 2 is 1.62 bits per heavy atom. The second-order valence-electron chi connectivity index (χ2n) is 7.06. The van der Waals surface area contributed by atoms with Crippen LogP contribution in [0.3, 0.4) is 0 Å². The van der Waals surface area contributed by atoms with Crippen molar-refractivity contribution >= 4 is 29.9 Å². The van der Waals surface area contributed by atoms with Gasteiger partial charge < -0.3 is 15.4 Å². The molecular formula is C23H33IN4O. The molecule has 0 spiro atoms. The number of hydrogen-bond donors (Lipinski definition) is 2. The van der Waals surface area contributed by atoms with Crippen molar-refractivity contribution in [2.45, 2.75) is 26.4 Å². The fourth-order valence-corrected chi connectivity index (χ4v) is 3.25. The summed E-state index contributed by atoms with van der Waals surface area (Å²) in [5.41, 5.74) is 3.91. The van der Waals surface area contributed by atoms with Gasteiger partial charge >= 0.3 is 0 Å². The normalized spacial score (nSPS) is 14.9. The summed E-state index contributed by atoms with van der Waals surface area (Å²) in [6.07, 6.45) is 0.988. The topological polar surface area (TPSA) is 48.9 Å². The largest absolute Gasteiger partial charge is 0.379 e. The maximum Gasteiger partial charge on any atom is 0.191 e. The van der Waals surface area contributed by atoms with Crippen LogP contribution >= 0.6 is 24.0 Å². The Kier molecular flexibility index (Phi) is 11.1. The van der Waals surface area contributed by atoms with Crippen LogP contribution < -0.4 is 10.6 Å². The van der Waals surface area contributed by atoms with Gasteiger partial charge in [-0.05, 0) is 30.0 Å². The molecule has 0 bridgehead atoms. The minimum absolute atomic E-state index is 0. The first kappa shape index (κ1) is 23.6. The maximum absolute atomic E-state index is 5.42. The average molecular weight is 508 g/mol. The number of nitrogens with zero attached hydrogens (tertiary/aromatic N) is 2. The van der Waals surface area contributed by atoms with Crippen molar-refractivity contribution in [1.82, 2.24) is 15.5 Å². The molecule has 0 atom stereocenters. The molecule has 0 aliphatic carbocycles. The Labute approximate surface area is 192 Å². The van der Waals surface area contributed by atoms with Gasteiger partial charge in [0.2, 0.25) is 0 Å². The van der Waals surface area contributed by atoms with Gasteiger partial charge in [-0.3, -0.25) is 4.90 Å². The monoisotopic (exact) mass is 508 g/mol. The van der Waals surface area contributed by atoms with Crippen LogP contribution in [0.5, 0.6) is 0 Å². The van der Waals surface area contributed by atoms with E-state index in [0.717, 1.165) is 58.3 Å². The Hall–Kier alpha value is -1.64. The number of morpholine rings is 1. The van der Waals surface area contributed by atoms with Crippen LogP contribution in [0, 0.1) is 0 Å². The standard InChI is InChI=1S/C23H32N4O.HI/c1-2-24-23(25-13-12-20-6-4-3-5-7-20)26-18-21-8-10-22(11-9-21)19-27-14-16-28-17-15-27;/h3-11H,2,12-19H2,1H3,(H2,24,25,26);1H. The summed E-state index contributed by atoms with van der Waals surface area (Å²) in [7, 11) is 0. The summed E-state index contributed by atoms with van der Waals surface area (Å²) in [5.74, 6) is 0.871. The van der Waals surface area contributed by atoms with Crippen molar-refractivity contribution < 1.29 is 4.74 Å². The highest BCUT2D eigenvalue weighted by atomic mass is 127. The molecule has 6 heteroatoms. The number of rotatable bonds is 8. The van der Waals surface area contributed by atoms with Crippen LogP contribution in [-0.4, -0.2) is 50.3 Å². The fourth-order valence-electron chi connectivity index (χ4n) is 3.25. The van der Waals surface area contributed by atoms with E-state index in [2.05, 4.69) is 77.1 Å². The third-order valence-electron chi connectivity index (χ3n) is 4.85. The molecule has 1 heterocycles. The third-order valence-corrected chi connectivity index (χ3v) is 4.85. The second-order valence-corrected chi connectivity index (χ2v) is 7.06. The van der Waals surface area contributed by atoms with E-state index in [1.165, 1.54) is 16.7 Å². The van der Waals surface area contributed by atoms with Crippen LogP contribution in [0.15, 0.2) is 59.6 Å². The van der Waals surface area contributed by atoms with Gasteiger partial charge in [-0.15, -0.1) is 24.0 Å². The van der Waals surface area contributed by atoms with E-state index in [1.807, 2.05) is 0 Å². The quantitative estimate of drug-likeness (QED) is 0.326. The summed E-state index contributed by atoms with van der Waals surface area (Å²) < 4.78 is 5.42. The molecule has 0 amide bonds. The van der Waals surface area contributed by atoms with Crippen LogP contribution in [0.25, 0.3) is 0 Å². The highest BCUT2D eigenvalue weighted by Gasteiger charge is 2.10. The number of halogens is 1. The average Bonchev–Trinajstić information content (AvgIpc) is 2.74. The number of ether oxygens (including phenoxy) is 1. The molecule has 2 aromatic carbocycles. The molecule has 158 valence electrons. The molecule has 2 aromatic rings. The van der Waals surface area contributed by atoms with E-state index in [0.29, 0.717) is 6.54 Å². The van der Waals surface area contributed by atoms with E-state index in [-0.39, 0.29) is 24.0 Å². The van der Waals surface area contributed by atoms with Crippen molar-refractivity contribution in [2.24, 2.45) is 4.99 Å². The first-order valence-corrected chi connectivity index (χ1v) is 10.3. The van der Waals surface area contributed by atoms with Gasteiger partial charge in [0.15, 0.2) is 5.96 Å². The summed E-state index contributed by atoms with van der Waals surface area (Å²) in [6.45, 7) is 9.22. The maximum atomic E-state index is 5.42. The number of nitrogens with one attached hydrogen (secondary N) is 2. The lowest BCUT2D eigenvalue weighted by molar-refractivity contribution is 0.0342. The molecule has 0 unspecified atom stereocenters. The van der Waals surface area contributed by atoms with Crippen LogP contribution in [0.1, 0.15) is 23.6 Å². The minimum atomic E-state index is 0. The zero-order chi connectivity index (χ0) is 19.4. The predicted octanol–water partition coefficient (Wildman–Crippen LogP) is 3.43. The summed E-state index contributed by atoms with van der Waals surface area (Å²) in [4.78, 5) is 7.17. The zero-order valence-electron chi connectivity index (χ0n) is 17.3. The smallest absolute Gasteiger partial charge is 0.191 e. The van der Waals surface area contributed by atoms with E-state index in [9.17, 15) is 0 Å². The molecular weight excluding hydrogens is 475 g/mol. The lowest BCUT2D eigenvalue weighted by Crippen LogP contribution is -2.38. The Bertz CT molecular complexity index is 715. The van der Waals surface area contributed by atoms with Gasteiger partial charge in [0.1, 0.15) is 0 Å². The van der Waals surface area contributed by atoms with Crippen molar-refractivity contribution in [3.8, 4) is 0 Å². The van der Waals surface area contributed by atoms with E-state index < -0.39 is 0 Å². The number of aliphatic imine (C=N–C) groups is 1. The number of guanidine groups is 1. The number of benzene rings is 2. The Morgan fingerprint density at radius 1 is 0.931 bits per heavy atom. The van der Waals surface area contributed by atoms with Crippen LogP contribution in [0.4, 0.5) is 0 Å². The first-order valence-electron chi connectivity index (χ1n) is 10.3. The number of hydrogen-bond acceptors (Lipinski definition) is 3. The Balaban J connectivity index is 0.00000300.